The van der Waals surface area contributed by atoms with E-state index in [-0.39, 0.29) is 0 Å². The molecule has 0 nitrogen and oxygen atoms in total. The second-order valence-electron chi connectivity index (χ2n) is 3.71. The Hall–Kier alpha value is -1.56. The Labute approximate surface area is 91.6 Å². The first kappa shape index (κ1) is 9.97. The van der Waals surface area contributed by atoms with Gasteiger partial charge in [-0.25, -0.2) is 0 Å². The van der Waals surface area contributed by atoms with Crippen molar-refractivity contribution in [3.63, 3.8) is 0 Å². The van der Waals surface area contributed by atoms with E-state index in [0.29, 0.717) is 0 Å². The zero-order valence-electron chi connectivity index (χ0n) is 8.74. The average molecular weight is 194 g/mol. The molecule has 2 aromatic rings. The van der Waals surface area contributed by atoms with Crippen LogP contribution >= 0.6 is 0 Å². The fourth-order valence-corrected chi connectivity index (χ4v) is 1.67. The normalized spacial score (nSPS) is 10.3. The minimum atomic E-state index is 0.916. The smallest absolute Gasteiger partial charge is 0.00203 e. The molecule has 0 unspecified atom stereocenters. The van der Waals surface area contributed by atoms with Gasteiger partial charge in [-0.15, -0.1) is 0 Å². The van der Waals surface area contributed by atoms with E-state index in [2.05, 4.69) is 38.1 Å². The minimum Gasteiger partial charge on any atom is -0.0620 e. The summed E-state index contributed by atoms with van der Waals surface area (Å²) in [6, 6.07) is 16.5. The van der Waals surface area contributed by atoms with E-state index >= 15 is 0 Å². The van der Waals surface area contributed by atoms with Crippen LogP contribution in [0, 0.1) is 13.8 Å². The third kappa shape index (κ3) is 2.27. The predicted octanol–water partition coefficient (Wildman–Crippen LogP) is 3.64. The SMILES string of the molecule is [CH2]c1ccccc1Cc1ccccc1[CH2]. The molecule has 74 valence electrons. The Bertz CT molecular complexity index is 412. The Kier molecular flexibility index (Phi) is 2.86. The van der Waals surface area contributed by atoms with Crippen molar-refractivity contribution in [3.8, 4) is 0 Å². The summed E-state index contributed by atoms with van der Waals surface area (Å²) in [7, 11) is 0. The Balaban J connectivity index is 2.30. The van der Waals surface area contributed by atoms with E-state index in [9.17, 15) is 0 Å². The first-order valence-corrected chi connectivity index (χ1v) is 5.07. The van der Waals surface area contributed by atoms with Gasteiger partial charge in [0.1, 0.15) is 0 Å². The first-order valence-electron chi connectivity index (χ1n) is 5.07. The summed E-state index contributed by atoms with van der Waals surface area (Å²) in [4.78, 5) is 0. The van der Waals surface area contributed by atoms with Gasteiger partial charge in [-0.05, 0) is 42.5 Å². The largest absolute Gasteiger partial charge is 0.0620 e. The van der Waals surface area contributed by atoms with Crippen molar-refractivity contribution < 1.29 is 0 Å². The summed E-state index contributed by atoms with van der Waals surface area (Å²) >= 11 is 0. The van der Waals surface area contributed by atoms with Crippen molar-refractivity contribution in [2.24, 2.45) is 0 Å². The van der Waals surface area contributed by atoms with Crippen LogP contribution in [0.2, 0.25) is 0 Å². The molecule has 0 saturated heterocycles. The van der Waals surface area contributed by atoms with Crippen LogP contribution in [0.15, 0.2) is 48.5 Å². The van der Waals surface area contributed by atoms with E-state index in [0.717, 1.165) is 17.5 Å². The molecule has 0 heterocycles. The molecule has 0 aliphatic carbocycles. The summed E-state index contributed by atoms with van der Waals surface area (Å²) in [6.45, 7) is 8.05. The topological polar surface area (TPSA) is 0 Å². The molecule has 0 N–H and O–H groups in total. The molecule has 0 aromatic heterocycles. The quantitative estimate of drug-likeness (QED) is 0.684. The van der Waals surface area contributed by atoms with Crippen LogP contribution in [0.1, 0.15) is 22.3 Å². The Morgan fingerprint density at radius 1 is 0.667 bits per heavy atom. The molecule has 0 fully saturated rings. The van der Waals surface area contributed by atoms with Crippen LogP contribution in [0.3, 0.4) is 0 Å². The molecule has 0 heteroatoms. The van der Waals surface area contributed by atoms with Crippen LogP contribution in [0.4, 0.5) is 0 Å². The summed E-state index contributed by atoms with van der Waals surface area (Å²) in [5.74, 6) is 0. The Morgan fingerprint density at radius 3 is 1.47 bits per heavy atom. The lowest BCUT2D eigenvalue weighted by Gasteiger charge is -2.07. The van der Waals surface area contributed by atoms with Crippen LogP contribution < -0.4 is 0 Å². The number of hydrogen-bond donors (Lipinski definition) is 0. The van der Waals surface area contributed by atoms with Crippen molar-refractivity contribution in [2.45, 2.75) is 6.42 Å². The van der Waals surface area contributed by atoms with Gasteiger partial charge in [0.05, 0.1) is 0 Å². The molecule has 15 heavy (non-hydrogen) atoms. The van der Waals surface area contributed by atoms with E-state index in [4.69, 9.17) is 0 Å². The van der Waals surface area contributed by atoms with E-state index < -0.39 is 0 Å². The molecule has 0 atom stereocenters. The van der Waals surface area contributed by atoms with Crippen LogP contribution in [-0.4, -0.2) is 0 Å². The highest BCUT2D eigenvalue weighted by Gasteiger charge is 2.01. The molecular weight excluding hydrogens is 180 g/mol. The highest BCUT2D eigenvalue weighted by molar-refractivity contribution is 5.38. The number of hydrogen-bond acceptors (Lipinski definition) is 0. The van der Waals surface area contributed by atoms with Gasteiger partial charge in [-0.3, -0.25) is 0 Å². The third-order valence-electron chi connectivity index (χ3n) is 2.62. The van der Waals surface area contributed by atoms with Crippen molar-refractivity contribution in [1.82, 2.24) is 0 Å². The lowest BCUT2D eigenvalue weighted by atomic mass is 9.98. The van der Waals surface area contributed by atoms with Gasteiger partial charge < -0.3 is 0 Å². The van der Waals surface area contributed by atoms with E-state index in [1.165, 1.54) is 11.1 Å². The van der Waals surface area contributed by atoms with Gasteiger partial charge in [0.25, 0.3) is 0 Å². The van der Waals surface area contributed by atoms with Crippen LogP contribution in [0.25, 0.3) is 0 Å². The fraction of sp³-hybridized carbons (Fsp3) is 0.0667. The molecule has 0 saturated carbocycles. The summed E-state index contributed by atoms with van der Waals surface area (Å²) in [6.07, 6.45) is 0.916. The van der Waals surface area contributed by atoms with Gasteiger partial charge in [-0.1, -0.05) is 48.5 Å². The van der Waals surface area contributed by atoms with Crippen LogP contribution in [0.5, 0.6) is 0 Å². The number of rotatable bonds is 2. The van der Waals surface area contributed by atoms with E-state index in [1.54, 1.807) is 0 Å². The molecule has 0 spiro atoms. The molecule has 0 aliphatic rings. The molecule has 2 radical (unpaired) electrons. The summed E-state index contributed by atoms with van der Waals surface area (Å²) < 4.78 is 0. The molecule has 0 aliphatic heterocycles. The van der Waals surface area contributed by atoms with Crippen molar-refractivity contribution >= 4 is 0 Å². The van der Waals surface area contributed by atoms with Crippen LogP contribution in [-0.2, 0) is 6.42 Å². The number of benzene rings is 2. The molecule has 2 rings (SSSR count). The van der Waals surface area contributed by atoms with Gasteiger partial charge in [-0.2, -0.15) is 0 Å². The molecular formula is C15H14. The fourth-order valence-electron chi connectivity index (χ4n) is 1.67. The average Bonchev–Trinajstić information content (AvgIpc) is 2.24. The summed E-state index contributed by atoms with van der Waals surface area (Å²) in [5, 5.41) is 0. The monoisotopic (exact) mass is 194 g/mol. The Morgan fingerprint density at radius 2 is 1.07 bits per heavy atom. The maximum Gasteiger partial charge on any atom is -0.00203 e. The van der Waals surface area contributed by atoms with Crippen molar-refractivity contribution in [3.05, 3.63) is 84.6 Å². The highest BCUT2D eigenvalue weighted by atomic mass is 14.1. The molecule has 0 amide bonds. The standard InChI is InChI=1S/C15H14/c1-12-7-3-5-9-14(12)11-15-10-6-4-8-13(15)2/h3-10H,1-2,11H2. The highest BCUT2D eigenvalue weighted by Crippen LogP contribution is 2.16. The predicted molar refractivity (Wildman–Crippen MR) is 64.6 cm³/mol. The van der Waals surface area contributed by atoms with Gasteiger partial charge in [0, 0.05) is 0 Å². The first-order chi connectivity index (χ1) is 7.27. The van der Waals surface area contributed by atoms with E-state index in [1.807, 2.05) is 24.3 Å². The molecule has 2 aromatic carbocycles. The third-order valence-corrected chi connectivity index (χ3v) is 2.62. The van der Waals surface area contributed by atoms with Crippen molar-refractivity contribution in [2.75, 3.05) is 0 Å². The second-order valence-corrected chi connectivity index (χ2v) is 3.71. The molecule has 0 bridgehead atoms. The lowest BCUT2D eigenvalue weighted by Crippen LogP contribution is -1.93. The second kappa shape index (κ2) is 4.31. The lowest BCUT2D eigenvalue weighted by molar-refractivity contribution is 1.16. The summed E-state index contributed by atoms with van der Waals surface area (Å²) in [5.41, 5.74) is 4.74. The van der Waals surface area contributed by atoms with Gasteiger partial charge >= 0.3 is 0 Å². The zero-order chi connectivity index (χ0) is 10.7. The minimum absolute atomic E-state index is 0.916. The van der Waals surface area contributed by atoms with Gasteiger partial charge in [0.2, 0.25) is 0 Å². The maximum absolute atomic E-state index is 4.03. The zero-order valence-corrected chi connectivity index (χ0v) is 8.74. The van der Waals surface area contributed by atoms with Crippen molar-refractivity contribution in [1.29, 1.82) is 0 Å². The maximum atomic E-state index is 4.03. The van der Waals surface area contributed by atoms with Gasteiger partial charge in [0.15, 0.2) is 0 Å².